The molecule has 1 heteroatoms. The van der Waals surface area contributed by atoms with Gasteiger partial charge in [-0.25, -0.2) is 0 Å². The first kappa shape index (κ1) is 8.79. The molecule has 0 N–H and O–H groups in total. The Hall–Kier alpha value is -0.300. The Labute approximate surface area is 70.1 Å². The lowest BCUT2D eigenvalue weighted by atomic mass is 10.1. The Kier molecular flexibility index (Phi) is 2.72. The number of rotatable bonds is 4. The van der Waals surface area contributed by atoms with Gasteiger partial charge in [-0.15, -0.1) is 6.58 Å². The molecule has 1 aliphatic carbocycles. The fourth-order valence-electron chi connectivity index (χ4n) is 1.45. The smallest absolute Gasteiger partial charge is 0.0247 e. The Morgan fingerprint density at radius 2 is 2.00 bits per heavy atom. The Bertz CT molecular complexity index is 138. The summed E-state index contributed by atoms with van der Waals surface area (Å²) >= 11 is 0. The van der Waals surface area contributed by atoms with Crippen molar-refractivity contribution in [2.45, 2.75) is 38.8 Å². The van der Waals surface area contributed by atoms with Gasteiger partial charge in [-0.2, -0.15) is 0 Å². The maximum atomic E-state index is 3.80. The molecule has 0 saturated heterocycles. The largest absolute Gasteiger partial charge is 0.297 e. The van der Waals surface area contributed by atoms with E-state index in [1.54, 1.807) is 0 Å². The van der Waals surface area contributed by atoms with Gasteiger partial charge in [0, 0.05) is 12.1 Å². The predicted octanol–water partition coefficient (Wildman–Crippen LogP) is 2.29. The third-order valence-electron chi connectivity index (χ3n) is 2.93. The monoisotopic (exact) mass is 153 g/mol. The highest BCUT2D eigenvalue weighted by molar-refractivity contribution is 4.90. The van der Waals surface area contributed by atoms with Crippen LogP contribution in [-0.2, 0) is 0 Å². The molecule has 1 nitrogen and oxygen atoms in total. The average Bonchev–Trinajstić information content (AvgIpc) is 2.82. The minimum atomic E-state index is 0.519. The fourth-order valence-corrected chi connectivity index (χ4v) is 1.45. The van der Waals surface area contributed by atoms with Crippen LogP contribution in [0.2, 0.25) is 0 Å². The van der Waals surface area contributed by atoms with E-state index >= 15 is 0 Å². The molecular weight excluding hydrogens is 134 g/mol. The summed E-state index contributed by atoms with van der Waals surface area (Å²) in [5, 5.41) is 0. The zero-order chi connectivity index (χ0) is 8.43. The predicted molar refractivity (Wildman–Crippen MR) is 49.6 cm³/mol. The molecule has 1 fully saturated rings. The normalized spacial score (nSPS) is 23.3. The van der Waals surface area contributed by atoms with Crippen LogP contribution in [0.3, 0.4) is 0 Å². The van der Waals surface area contributed by atoms with Gasteiger partial charge in [0.05, 0.1) is 0 Å². The first-order chi connectivity index (χ1) is 5.16. The highest BCUT2D eigenvalue weighted by atomic mass is 15.2. The molecule has 64 valence electrons. The van der Waals surface area contributed by atoms with Gasteiger partial charge in [0.2, 0.25) is 0 Å². The molecular formula is C10H19N. The van der Waals surface area contributed by atoms with Gasteiger partial charge in [-0.05, 0) is 39.7 Å². The van der Waals surface area contributed by atoms with E-state index in [-0.39, 0.29) is 0 Å². The van der Waals surface area contributed by atoms with E-state index in [0.717, 1.165) is 12.0 Å². The van der Waals surface area contributed by atoms with Crippen LogP contribution in [0.4, 0.5) is 0 Å². The highest BCUT2D eigenvalue weighted by Gasteiger charge is 2.31. The van der Waals surface area contributed by atoms with Crippen LogP contribution in [0, 0.1) is 5.92 Å². The van der Waals surface area contributed by atoms with E-state index in [1.165, 1.54) is 12.8 Å². The van der Waals surface area contributed by atoms with Crippen molar-refractivity contribution in [3.05, 3.63) is 12.7 Å². The van der Waals surface area contributed by atoms with Crippen LogP contribution < -0.4 is 0 Å². The molecule has 1 saturated carbocycles. The van der Waals surface area contributed by atoms with Gasteiger partial charge >= 0.3 is 0 Å². The summed E-state index contributed by atoms with van der Waals surface area (Å²) in [7, 11) is 2.19. The van der Waals surface area contributed by atoms with Crippen molar-refractivity contribution >= 4 is 0 Å². The third-order valence-corrected chi connectivity index (χ3v) is 2.93. The lowest BCUT2D eigenvalue weighted by molar-refractivity contribution is 0.206. The lowest BCUT2D eigenvalue weighted by Crippen LogP contribution is -2.36. The van der Waals surface area contributed by atoms with E-state index in [2.05, 4.69) is 32.4 Å². The van der Waals surface area contributed by atoms with Crippen LogP contribution in [-0.4, -0.2) is 24.0 Å². The Morgan fingerprint density at radius 3 is 2.36 bits per heavy atom. The first-order valence-corrected chi connectivity index (χ1v) is 4.51. The molecule has 0 aromatic carbocycles. The summed E-state index contributed by atoms with van der Waals surface area (Å²) in [6.45, 7) is 8.32. The summed E-state index contributed by atoms with van der Waals surface area (Å²) in [5.74, 6) is 0.961. The number of hydrogen-bond acceptors (Lipinski definition) is 1. The first-order valence-electron chi connectivity index (χ1n) is 4.51. The topological polar surface area (TPSA) is 3.24 Å². The quantitative estimate of drug-likeness (QED) is 0.560. The minimum Gasteiger partial charge on any atom is -0.297 e. The molecule has 0 aromatic heterocycles. The number of hydrogen-bond donors (Lipinski definition) is 0. The fraction of sp³-hybridized carbons (Fsp3) is 0.800. The number of likely N-dealkylation sites (N-methyl/N-ethyl adjacent to an activating group) is 1. The van der Waals surface area contributed by atoms with Crippen LogP contribution in [0.1, 0.15) is 26.7 Å². The molecule has 0 aliphatic heterocycles. The molecule has 1 rings (SSSR count). The Morgan fingerprint density at radius 1 is 1.45 bits per heavy atom. The zero-order valence-corrected chi connectivity index (χ0v) is 7.88. The molecule has 11 heavy (non-hydrogen) atoms. The van der Waals surface area contributed by atoms with Crippen molar-refractivity contribution < 1.29 is 0 Å². The Balaban J connectivity index is 2.37. The minimum absolute atomic E-state index is 0.519. The van der Waals surface area contributed by atoms with Gasteiger partial charge < -0.3 is 0 Å². The van der Waals surface area contributed by atoms with E-state index in [4.69, 9.17) is 0 Å². The van der Waals surface area contributed by atoms with Crippen molar-refractivity contribution in [1.82, 2.24) is 4.90 Å². The summed E-state index contributed by atoms with van der Waals surface area (Å²) < 4.78 is 0. The summed E-state index contributed by atoms with van der Waals surface area (Å²) in [6, 6.07) is 1.26. The van der Waals surface area contributed by atoms with Gasteiger partial charge in [0.15, 0.2) is 0 Å². The molecule has 0 heterocycles. The van der Waals surface area contributed by atoms with Crippen LogP contribution in [0.15, 0.2) is 12.7 Å². The number of nitrogens with zero attached hydrogens (tertiary/aromatic N) is 1. The molecule has 0 radical (unpaired) electrons. The molecule has 0 bridgehead atoms. The second-order valence-electron chi connectivity index (χ2n) is 3.72. The van der Waals surface area contributed by atoms with Crippen molar-refractivity contribution in [3.8, 4) is 0 Å². The third kappa shape index (κ3) is 2.06. The van der Waals surface area contributed by atoms with Crippen molar-refractivity contribution in [3.63, 3.8) is 0 Å². The van der Waals surface area contributed by atoms with Crippen LogP contribution >= 0.6 is 0 Å². The second-order valence-corrected chi connectivity index (χ2v) is 3.72. The van der Waals surface area contributed by atoms with Crippen LogP contribution in [0.5, 0.6) is 0 Å². The molecule has 1 aliphatic rings. The standard InChI is InChI=1S/C10H19N/c1-5-8(2)11(4)9(3)10-6-7-10/h5,8-10H,1,6-7H2,2-4H3. The van der Waals surface area contributed by atoms with E-state index in [9.17, 15) is 0 Å². The van der Waals surface area contributed by atoms with Crippen LogP contribution in [0.25, 0.3) is 0 Å². The molecule has 2 unspecified atom stereocenters. The molecule has 2 atom stereocenters. The summed E-state index contributed by atoms with van der Waals surface area (Å²) in [4.78, 5) is 2.41. The maximum absolute atomic E-state index is 3.80. The highest BCUT2D eigenvalue weighted by Crippen LogP contribution is 2.35. The molecule has 0 aromatic rings. The van der Waals surface area contributed by atoms with Gasteiger partial charge in [0.1, 0.15) is 0 Å². The van der Waals surface area contributed by atoms with Crippen molar-refractivity contribution in [2.24, 2.45) is 5.92 Å². The summed E-state index contributed by atoms with van der Waals surface area (Å²) in [6.07, 6.45) is 4.86. The van der Waals surface area contributed by atoms with Gasteiger partial charge in [-0.1, -0.05) is 6.08 Å². The van der Waals surface area contributed by atoms with E-state index in [0.29, 0.717) is 6.04 Å². The van der Waals surface area contributed by atoms with Crippen molar-refractivity contribution in [1.29, 1.82) is 0 Å². The van der Waals surface area contributed by atoms with E-state index < -0.39 is 0 Å². The lowest BCUT2D eigenvalue weighted by Gasteiger charge is -2.28. The van der Waals surface area contributed by atoms with E-state index in [1.807, 2.05) is 6.08 Å². The zero-order valence-electron chi connectivity index (χ0n) is 7.88. The molecule has 0 amide bonds. The summed E-state index contributed by atoms with van der Waals surface area (Å²) in [5.41, 5.74) is 0. The SMILES string of the molecule is C=CC(C)N(C)C(C)C1CC1. The van der Waals surface area contributed by atoms with Gasteiger partial charge in [-0.3, -0.25) is 4.90 Å². The molecule has 0 spiro atoms. The second kappa shape index (κ2) is 3.40. The maximum Gasteiger partial charge on any atom is 0.0247 e. The average molecular weight is 153 g/mol. The van der Waals surface area contributed by atoms with Gasteiger partial charge in [0.25, 0.3) is 0 Å². The van der Waals surface area contributed by atoms with Crippen molar-refractivity contribution in [2.75, 3.05) is 7.05 Å².